The van der Waals surface area contributed by atoms with Gasteiger partial charge >= 0.3 is 0 Å². The lowest BCUT2D eigenvalue weighted by Gasteiger charge is -2.18. The number of anilines is 1. The fraction of sp³-hybridized carbons (Fsp3) is 0. The van der Waals surface area contributed by atoms with Crippen molar-refractivity contribution in [2.24, 2.45) is 4.99 Å². The molecule has 0 atom stereocenters. The van der Waals surface area contributed by atoms with Crippen LogP contribution in [0.25, 0.3) is 6.08 Å². The second-order valence-corrected chi connectivity index (χ2v) is 6.34. The van der Waals surface area contributed by atoms with E-state index in [2.05, 4.69) is 4.99 Å². The molecule has 1 aliphatic heterocycles. The van der Waals surface area contributed by atoms with Gasteiger partial charge in [-0.05, 0) is 48.0 Å². The maximum atomic E-state index is 13.1. The predicted molar refractivity (Wildman–Crippen MR) is 110 cm³/mol. The molecule has 7 heteroatoms. The van der Waals surface area contributed by atoms with Crippen LogP contribution >= 0.6 is 0 Å². The van der Waals surface area contributed by atoms with Gasteiger partial charge in [-0.15, -0.1) is 0 Å². The van der Waals surface area contributed by atoms with Gasteiger partial charge in [0.2, 0.25) is 0 Å². The number of nitro groups is 1. The van der Waals surface area contributed by atoms with E-state index in [0.717, 1.165) is 5.56 Å². The zero-order chi connectivity index (χ0) is 20.4. The molecule has 1 aliphatic rings. The molecule has 0 aliphatic carbocycles. The number of amides is 1. The lowest BCUT2D eigenvalue weighted by molar-refractivity contribution is -0.384. The number of non-ortho nitro benzene ring substituents is 1. The third-order valence-corrected chi connectivity index (χ3v) is 4.41. The Kier molecular flexibility index (Phi) is 4.62. The van der Waals surface area contributed by atoms with Gasteiger partial charge in [-0.3, -0.25) is 19.8 Å². The Hall–Kier alpha value is -4.26. The summed E-state index contributed by atoms with van der Waals surface area (Å²) in [4.78, 5) is 29.5. The number of benzene rings is 3. The summed E-state index contributed by atoms with van der Waals surface area (Å²) in [6.45, 7) is 0. The van der Waals surface area contributed by atoms with E-state index in [1.165, 1.54) is 29.2 Å². The van der Waals surface area contributed by atoms with Crippen LogP contribution in [0.15, 0.2) is 89.6 Å². The second-order valence-electron chi connectivity index (χ2n) is 6.34. The average molecular weight is 385 g/mol. The summed E-state index contributed by atoms with van der Waals surface area (Å²) in [5.74, 6) is 0.239. The molecule has 4 rings (SSSR count). The van der Waals surface area contributed by atoms with Gasteiger partial charge in [0.25, 0.3) is 11.6 Å². The number of phenols is 1. The molecular weight excluding hydrogens is 370 g/mol. The maximum Gasteiger partial charge on any atom is 0.282 e. The first-order valence-electron chi connectivity index (χ1n) is 8.77. The van der Waals surface area contributed by atoms with Crippen molar-refractivity contribution in [3.05, 3.63) is 106 Å². The van der Waals surface area contributed by atoms with E-state index in [1.54, 1.807) is 30.3 Å². The zero-order valence-corrected chi connectivity index (χ0v) is 15.1. The van der Waals surface area contributed by atoms with Crippen LogP contribution in [0.3, 0.4) is 0 Å². The Bertz CT molecular complexity index is 1130. The van der Waals surface area contributed by atoms with Crippen LogP contribution in [0.2, 0.25) is 0 Å². The fourth-order valence-electron chi connectivity index (χ4n) is 2.99. The molecule has 1 amide bonds. The summed E-state index contributed by atoms with van der Waals surface area (Å²) in [6.07, 6.45) is 1.59. The number of amidine groups is 1. The zero-order valence-electron chi connectivity index (χ0n) is 15.1. The second kappa shape index (κ2) is 7.40. The highest BCUT2D eigenvalue weighted by Gasteiger charge is 2.32. The Morgan fingerprint density at radius 2 is 1.59 bits per heavy atom. The summed E-state index contributed by atoms with van der Waals surface area (Å²) in [7, 11) is 0. The Morgan fingerprint density at radius 3 is 2.21 bits per heavy atom. The molecule has 3 aromatic rings. The number of phenolic OH excluding ortho intramolecular Hbond substituents is 1. The number of aliphatic imine (C=N–C) groups is 1. The summed E-state index contributed by atoms with van der Waals surface area (Å²) in [5.41, 5.74) is 2.15. The molecule has 142 valence electrons. The Balaban J connectivity index is 1.77. The number of nitrogens with zero attached hydrogens (tertiary/aromatic N) is 3. The molecule has 0 aromatic heterocycles. The van der Waals surface area contributed by atoms with Crippen LogP contribution in [0.5, 0.6) is 5.75 Å². The molecule has 1 heterocycles. The van der Waals surface area contributed by atoms with Gasteiger partial charge in [0.15, 0.2) is 0 Å². The number of hydrogen-bond donors (Lipinski definition) is 1. The maximum absolute atomic E-state index is 13.1. The van der Waals surface area contributed by atoms with E-state index in [4.69, 9.17) is 0 Å². The number of rotatable bonds is 4. The lowest BCUT2D eigenvalue weighted by Crippen LogP contribution is -2.32. The van der Waals surface area contributed by atoms with Crippen molar-refractivity contribution in [3.8, 4) is 5.75 Å². The van der Waals surface area contributed by atoms with E-state index < -0.39 is 4.92 Å². The van der Waals surface area contributed by atoms with E-state index in [9.17, 15) is 20.0 Å². The summed E-state index contributed by atoms with van der Waals surface area (Å²) < 4.78 is 0. The topological polar surface area (TPSA) is 96.0 Å². The number of nitro benzene ring substituents is 1. The molecule has 3 aromatic carbocycles. The standard InChI is InChI=1S/C22H15N3O4/c26-19-12-10-17(11-13-19)24-21(16-4-2-1-3-5-16)23-20(22(24)27)14-15-6-8-18(9-7-15)25(28)29/h1-14,26H/b20-14+. The Morgan fingerprint density at radius 1 is 0.931 bits per heavy atom. The fourth-order valence-corrected chi connectivity index (χ4v) is 2.99. The molecule has 1 N–H and O–H groups in total. The van der Waals surface area contributed by atoms with Crippen molar-refractivity contribution < 1.29 is 14.8 Å². The van der Waals surface area contributed by atoms with Crippen molar-refractivity contribution in [1.82, 2.24) is 0 Å². The monoisotopic (exact) mass is 385 g/mol. The van der Waals surface area contributed by atoms with Gasteiger partial charge in [0, 0.05) is 17.7 Å². The summed E-state index contributed by atoms with van der Waals surface area (Å²) in [6, 6.07) is 21.5. The van der Waals surface area contributed by atoms with Crippen LogP contribution < -0.4 is 4.90 Å². The van der Waals surface area contributed by atoms with Crippen molar-refractivity contribution >= 4 is 29.2 Å². The van der Waals surface area contributed by atoms with Crippen LogP contribution in [-0.4, -0.2) is 21.8 Å². The minimum atomic E-state index is -0.476. The van der Waals surface area contributed by atoms with Crippen molar-refractivity contribution in [2.75, 3.05) is 4.90 Å². The van der Waals surface area contributed by atoms with Gasteiger partial charge in [-0.1, -0.05) is 30.3 Å². The first kappa shape index (κ1) is 18.1. The van der Waals surface area contributed by atoms with Gasteiger partial charge in [-0.2, -0.15) is 0 Å². The number of hydrogen-bond acceptors (Lipinski definition) is 5. The van der Waals surface area contributed by atoms with Gasteiger partial charge in [-0.25, -0.2) is 4.99 Å². The van der Waals surface area contributed by atoms with Crippen LogP contribution in [-0.2, 0) is 4.79 Å². The minimum Gasteiger partial charge on any atom is -0.508 e. The third kappa shape index (κ3) is 3.61. The highest BCUT2D eigenvalue weighted by atomic mass is 16.6. The van der Waals surface area contributed by atoms with E-state index in [-0.39, 0.29) is 23.0 Å². The van der Waals surface area contributed by atoms with E-state index in [1.807, 2.05) is 30.3 Å². The molecule has 0 radical (unpaired) electrons. The van der Waals surface area contributed by atoms with Crippen LogP contribution in [0.4, 0.5) is 11.4 Å². The minimum absolute atomic E-state index is 0.0240. The van der Waals surface area contributed by atoms with E-state index >= 15 is 0 Å². The molecule has 0 bridgehead atoms. The molecule has 0 saturated heterocycles. The largest absolute Gasteiger partial charge is 0.508 e. The van der Waals surface area contributed by atoms with Crippen LogP contribution in [0.1, 0.15) is 11.1 Å². The SMILES string of the molecule is O=C1/C(=C\c2ccc([N+](=O)[O-])cc2)N=C(c2ccccc2)N1c1ccc(O)cc1. The normalized spacial score (nSPS) is 14.9. The molecule has 29 heavy (non-hydrogen) atoms. The lowest BCUT2D eigenvalue weighted by atomic mass is 10.1. The molecule has 0 saturated carbocycles. The predicted octanol–water partition coefficient (Wildman–Crippen LogP) is 4.13. The quantitative estimate of drug-likeness (QED) is 0.415. The molecule has 0 fully saturated rings. The smallest absolute Gasteiger partial charge is 0.282 e. The third-order valence-electron chi connectivity index (χ3n) is 4.41. The van der Waals surface area contributed by atoms with Crippen molar-refractivity contribution in [3.63, 3.8) is 0 Å². The summed E-state index contributed by atoms with van der Waals surface area (Å²) >= 11 is 0. The van der Waals surface area contributed by atoms with Gasteiger partial charge < -0.3 is 5.11 Å². The molecule has 0 spiro atoms. The van der Waals surface area contributed by atoms with Gasteiger partial charge in [0.05, 0.1) is 10.6 Å². The highest BCUT2D eigenvalue weighted by molar-refractivity contribution is 6.33. The Labute approximate surface area is 166 Å². The molecular formula is C22H15N3O4. The molecule has 0 unspecified atom stereocenters. The number of carbonyl (C=O) groups is 1. The van der Waals surface area contributed by atoms with Gasteiger partial charge in [0.1, 0.15) is 17.3 Å². The highest BCUT2D eigenvalue weighted by Crippen LogP contribution is 2.29. The number of carbonyl (C=O) groups excluding carboxylic acids is 1. The van der Waals surface area contributed by atoms with Crippen LogP contribution in [0, 0.1) is 10.1 Å². The van der Waals surface area contributed by atoms with Crippen molar-refractivity contribution in [1.29, 1.82) is 0 Å². The molecule has 7 nitrogen and oxygen atoms in total. The average Bonchev–Trinajstić information content (AvgIpc) is 3.06. The first-order chi connectivity index (χ1) is 14.0. The number of aromatic hydroxyl groups is 1. The first-order valence-corrected chi connectivity index (χ1v) is 8.77. The van der Waals surface area contributed by atoms with Crippen molar-refractivity contribution in [2.45, 2.75) is 0 Å². The van der Waals surface area contributed by atoms with E-state index in [0.29, 0.717) is 17.1 Å². The summed E-state index contributed by atoms with van der Waals surface area (Å²) in [5, 5.41) is 20.4.